The molecule has 0 aromatic heterocycles. The predicted molar refractivity (Wildman–Crippen MR) is 100 cm³/mol. The molecule has 1 N–H and O–H groups in total. The van der Waals surface area contributed by atoms with E-state index in [1.807, 2.05) is 60.7 Å². The topological polar surface area (TPSA) is 47.6 Å². The molecule has 4 nitrogen and oxygen atoms in total. The van der Waals surface area contributed by atoms with Crippen LogP contribution in [-0.4, -0.2) is 19.6 Å². The second-order valence-corrected chi connectivity index (χ2v) is 5.74. The van der Waals surface area contributed by atoms with E-state index in [2.05, 4.69) is 11.4 Å². The van der Waals surface area contributed by atoms with E-state index in [0.717, 1.165) is 28.0 Å². The van der Waals surface area contributed by atoms with Crippen molar-refractivity contribution < 1.29 is 14.3 Å². The zero-order valence-electron chi connectivity index (χ0n) is 14.2. The number of nitrogens with one attached hydrogen (secondary N) is 1. The largest absolute Gasteiger partial charge is 0.497 e. The molecule has 0 heterocycles. The third-order valence-corrected chi connectivity index (χ3v) is 3.91. The van der Waals surface area contributed by atoms with Gasteiger partial charge in [-0.2, -0.15) is 0 Å². The van der Waals surface area contributed by atoms with Crippen LogP contribution in [0.1, 0.15) is 12.8 Å². The average Bonchev–Trinajstić information content (AvgIpc) is 2.65. The van der Waals surface area contributed by atoms with Crippen LogP contribution in [-0.2, 0) is 4.79 Å². The first-order valence-corrected chi connectivity index (χ1v) is 8.30. The highest BCUT2D eigenvalue weighted by molar-refractivity contribution is 5.94. The fourth-order valence-corrected chi connectivity index (χ4v) is 2.59. The van der Waals surface area contributed by atoms with E-state index in [0.29, 0.717) is 19.4 Å². The summed E-state index contributed by atoms with van der Waals surface area (Å²) in [6.07, 6.45) is 1.08. The summed E-state index contributed by atoms with van der Waals surface area (Å²) >= 11 is 0. The Kier molecular flexibility index (Phi) is 5.52. The smallest absolute Gasteiger partial charge is 0.224 e. The molecule has 3 aromatic carbocycles. The lowest BCUT2D eigenvalue weighted by Gasteiger charge is -2.08. The Morgan fingerprint density at radius 3 is 2.40 bits per heavy atom. The highest BCUT2D eigenvalue weighted by atomic mass is 16.5. The van der Waals surface area contributed by atoms with Crippen molar-refractivity contribution >= 4 is 22.4 Å². The first-order chi connectivity index (χ1) is 12.2. The minimum atomic E-state index is -0.00591. The SMILES string of the molecule is COc1ccc(OCCCC(=O)Nc2ccc3ccccc3c2)cc1. The van der Waals surface area contributed by atoms with Gasteiger partial charge < -0.3 is 14.8 Å². The monoisotopic (exact) mass is 335 g/mol. The molecule has 0 aliphatic rings. The quantitative estimate of drug-likeness (QED) is 0.640. The maximum atomic E-state index is 12.1. The lowest BCUT2D eigenvalue weighted by Crippen LogP contribution is -2.12. The average molecular weight is 335 g/mol. The van der Waals surface area contributed by atoms with Crippen molar-refractivity contribution in [2.24, 2.45) is 0 Å². The van der Waals surface area contributed by atoms with Gasteiger partial charge in [-0.25, -0.2) is 0 Å². The number of hydrogen-bond acceptors (Lipinski definition) is 3. The Morgan fingerprint density at radius 1 is 0.920 bits per heavy atom. The number of benzene rings is 3. The number of carbonyl (C=O) groups is 1. The summed E-state index contributed by atoms with van der Waals surface area (Å²) in [5.74, 6) is 1.56. The summed E-state index contributed by atoms with van der Waals surface area (Å²) in [7, 11) is 1.63. The Morgan fingerprint density at radius 2 is 1.64 bits per heavy atom. The molecule has 25 heavy (non-hydrogen) atoms. The number of fused-ring (bicyclic) bond motifs is 1. The molecule has 0 bridgehead atoms. The van der Waals surface area contributed by atoms with Crippen LogP contribution in [0.3, 0.4) is 0 Å². The van der Waals surface area contributed by atoms with Gasteiger partial charge in [0.25, 0.3) is 0 Å². The van der Waals surface area contributed by atoms with Gasteiger partial charge in [0.05, 0.1) is 13.7 Å². The summed E-state index contributed by atoms with van der Waals surface area (Å²) in [6.45, 7) is 0.497. The van der Waals surface area contributed by atoms with Gasteiger partial charge in [0.1, 0.15) is 11.5 Å². The maximum Gasteiger partial charge on any atom is 0.224 e. The number of methoxy groups -OCH3 is 1. The molecular formula is C21H21NO3. The Balaban J connectivity index is 1.44. The lowest BCUT2D eigenvalue weighted by molar-refractivity contribution is -0.116. The van der Waals surface area contributed by atoms with E-state index >= 15 is 0 Å². The molecule has 0 saturated heterocycles. The first-order valence-electron chi connectivity index (χ1n) is 8.30. The van der Waals surface area contributed by atoms with E-state index < -0.39 is 0 Å². The van der Waals surface area contributed by atoms with Crippen molar-refractivity contribution in [3.8, 4) is 11.5 Å². The Labute approximate surface area is 147 Å². The lowest BCUT2D eigenvalue weighted by atomic mass is 10.1. The molecule has 3 aromatic rings. The van der Waals surface area contributed by atoms with E-state index in [9.17, 15) is 4.79 Å². The molecule has 0 fully saturated rings. The molecule has 0 radical (unpaired) electrons. The Hall–Kier alpha value is -3.01. The molecule has 0 unspecified atom stereocenters. The van der Waals surface area contributed by atoms with Gasteiger partial charge in [-0.15, -0.1) is 0 Å². The van der Waals surface area contributed by atoms with Gasteiger partial charge in [-0.3, -0.25) is 4.79 Å². The van der Waals surface area contributed by atoms with Crippen molar-refractivity contribution in [3.05, 3.63) is 66.7 Å². The van der Waals surface area contributed by atoms with Crippen molar-refractivity contribution in [3.63, 3.8) is 0 Å². The molecule has 0 saturated carbocycles. The molecule has 0 aliphatic carbocycles. The van der Waals surface area contributed by atoms with Crippen LogP contribution in [0.5, 0.6) is 11.5 Å². The number of hydrogen-bond donors (Lipinski definition) is 1. The number of ether oxygens (including phenoxy) is 2. The van der Waals surface area contributed by atoms with Crippen LogP contribution in [0.25, 0.3) is 10.8 Å². The second-order valence-electron chi connectivity index (χ2n) is 5.74. The van der Waals surface area contributed by atoms with Crippen LogP contribution < -0.4 is 14.8 Å². The molecule has 128 valence electrons. The predicted octanol–water partition coefficient (Wildman–Crippen LogP) is 4.65. The van der Waals surface area contributed by atoms with Gasteiger partial charge in [-0.1, -0.05) is 30.3 Å². The van der Waals surface area contributed by atoms with Crippen molar-refractivity contribution in [1.29, 1.82) is 0 Å². The third-order valence-electron chi connectivity index (χ3n) is 3.91. The summed E-state index contributed by atoms with van der Waals surface area (Å²) in [6, 6.07) is 21.4. The summed E-state index contributed by atoms with van der Waals surface area (Å²) in [5.41, 5.74) is 0.819. The van der Waals surface area contributed by atoms with Gasteiger partial charge in [0, 0.05) is 12.1 Å². The Bertz CT molecular complexity index is 843. The van der Waals surface area contributed by atoms with Crippen LogP contribution in [0.4, 0.5) is 5.69 Å². The summed E-state index contributed by atoms with van der Waals surface area (Å²) in [4.78, 5) is 12.1. The molecule has 4 heteroatoms. The van der Waals surface area contributed by atoms with Crippen molar-refractivity contribution in [2.45, 2.75) is 12.8 Å². The van der Waals surface area contributed by atoms with Crippen molar-refractivity contribution in [1.82, 2.24) is 0 Å². The molecule has 0 aliphatic heterocycles. The van der Waals surface area contributed by atoms with Gasteiger partial charge >= 0.3 is 0 Å². The summed E-state index contributed by atoms with van der Waals surface area (Å²) in [5, 5.41) is 5.21. The van der Waals surface area contributed by atoms with Gasteiger partial charge in [0.2, 0.25) is 5.91 Å². The first kappa shape index (κ1) is 16.8. The second kappa shape index (κ2) is 8.20. The molecule has 0 spiro atoms. The van der Waals surface area contributed by atoms with Crippen LogP contribution in [0, 0.1) is 0 Å². The fourth-order valence-electron chi connectivity index (χ4n) is 2.59. The maximum absolute atomic E-state index is 12.1. The fraction of sp³-hybridized carbons (Fsp3) is 0.190. The van der Waals surface area contributed by atoms with E-state index in [1.54, 1.807) is 7.11 Å². The minimum Gasteiger partial charge on any atom is -0.497 e. The number of amides is 1. The van der Waals surface area contributed by atoms with Crippen LogP contribution in [0.15, 0.2) is 66.7 Å². The van der Waals surface area contributed by atoms with Gasteiger partial charge in [-0.05, 0) is 53.6 Å². The third kappa shape index (κ3) is 4.73. The molecular weight excluding hydrogens is 314 g/mol. The number of carbonyl (C=O) groups excluding carboxylic acids is 1. The standard InChI is InChI=1S/C21H21NO3/c1-24-19-10-12-20(13-11-19)25-14-4-7-21(23)22-18-9-8-16-5-2-3-6-17(16)15-18/h2-3,5-6,8-13,15H,4,7,14H2,1H3,(H,22,23). The van der Waals surface area contributed by atoms with Crippen LogP contribution >= 0.6 is 0 Å². The van der Waals surface area contributed by atoms with E-state index in [4.69, 9.17) is 9.47 Å². The summed E-state index contributed by atoms with van der Waals surface area (Å²) < 4.78 is 10.7. The zero-order valence-corrected chi connectivity index (χ0v) is 14.2. The minimum absolute atomic E-state index is 0.00591. The molecule has 1 amide bonds. The van der Waals surface area contributed by atoms with Gasteiger partial charge in [0.15, 0.2) is 0 Å². The highest BCUT2D eigenvalue weighted by Gasteiger charge is 2.04. The van der Waals surface area contributed by atoms with E-state index in [-0.39, 0.29) is 5.91 Å². The number of rotatable bonds is 7. The van der Waals surface area contributed by atoms with Crippen LogP contribution in [0.2, 0.25) is 0 Å². The number of anilines is 1. The molecule has 0 atom stereocenters. The highest BCUT2D eigenvalue weighted by Crippen LogP contribution is 2.19. The van der Waals surface area contributed by atoms with E-state index in [1.165, 1.54) is 0 Å². The van der Waals surface area contributed by atoms with Crippen molar-refractivity contribution in [2.75, 3.05) is 19.0 Å². The zero-order chi connectivity index (χ0) is 17.5. The molecule has 3 rings (SSSR count). The normalized spacial score (nSPS) is 10.4.